The Morgan fingerprint density at radius 1 is 1.09 bits per heavy atom. The SMILES string of the molecule is CCOc1cc(CC(=O)N/C(=C\C(C)C)c2ccccc2N2CCCCC2)ccc1C(=O)[O-]. The maximum absolute atomic E-state index is 13.0. The lowest BCUT2D eigenvalue weighted by Gasteiger charge is -2.31. The fourth-order valence-electron chi connectivity index (χ4n) is 4.14. The van der Waals surface area contributed by atoms with Crippen LogP contribution in [0.2, 0.25) is 0 Å². The number of carbonyl (C=O) groups excluding carboxylic acids is 2. The van der Waals surface area contributed by atoms with Crippen molar-refractivity contribution in [2.75, 3.05) is 24.6 Å². The zero-order chi connectivity index (χ0) is 23.8. The first kappa shape index (κ1) is 24.4. The quantitative estimate of drug-likeness (QED) is 0.630. The summed E-state index contributed by atoms with van der Waals surface area (Å²) < 4.78 is 5.44. The normalized spacial score (nSPS) is 14.3. The molecule has 1 aliphatic rings. The number of piperidine rings is 1. The standard InChI is InChI=1S/C27H34N2O4/c1-4-33-25-17-20(12-13-22(25)27(31)32)18-26(30)28-23(16-19(2)3)21-10-6-7-11-24(21)29-14-8-5-9-15-29/h6-7,10-13,16-17,19H,4-5,8-9,14-15,18H2,1-3H3,(H,28,30)(H,31,32)/p-1/b23-16-. The molecule has 0 aliphatic carbocycles. The molecule has 0 radical (unpaired) electrons. The summed E-state index contributed by atoms with van der Waals surface area (Å²) in [6.45, 7) is 8.31. The molecule has 2 aromatic rings. The van der Waals surface area contributed by atoms with Gasteiger partial charge in [0, 0.05) is 35.6 Å². The first-order valence-corrected chi connectivity index (χ1v) is 11.7. The molecule has 176 valence electrons. The zero-order valence-corrected chi connectivity index (χ0v) is 19.7. The molecule has 6 heteroatoms. The molecule has 1 amide bonds. The monoisotopic (exact) mass is 449 g/mol. The third kappa shape index (κ3) is 6.60. The summed E-state index contributed by atoms with van der Waals surface area (Å²) in [5.74, 6) is -0.997. The van der Waals surface area contributed by atoms with E-state index < -0.39 is 5.97 Å². The number of hydrogen-bond acceptors (Lipinski definition) is 5. The molecule has 0 saturated carbocycles. The number of carboxylic acid groups (broad SMARTS) is 1. The van der Waals surface area contributed by atoms with Gasteiger partial charge in [0.2, 0.25) is 5.91 Å². The van der Waals surface area contributed by atoms with Crippen molar-refractivity contribution in [3.63, 3.8) is 0 Å². The van der Waals surface area contributed by atoms with Crippen LogP contribution < -0.4 is 20.1 Å². The van der Waals surface area contributed by atoms with E-state index in [9.17, 15) is 14.7 Å². The van der Waals surface area contributed by atoms with Crippen molar-refractivity contribution >= 4 is 23.3 Å². The highest BCUT2D eigenvalue weighted by molar-refractivity contribution is 5.92. The minimum absolute atomic E-state index is 0.0168. The van der Waals surface area contributed by atoms with E-state index >= 15 is 0 Å². The van der Waals surface area contributed by atoms with Crippen molar-refractivity contribution in [2.45, 2.75) is 46.5 Å². The molecule has 1 saturated heterocycles. The number of aromatic carboxylic acids is 1. The number of carbonyl (C=O) groups is 2. The van der Waals surface area contributed by atoms with Crippen molar-refractivity contribution in [3.05, 3.63) is 65.2 Å². The summed E-state index contributed by atoms with van der Waals surface area (Å²) in [6.07, 6.45) is 5.78. The molecule has 1 N–H and O–H groups in total. The molecule has 0 atom stereocenters. The second-order valence-electron chi connectivity index (χ2n) is 8.67. The summed E-state index contributed by atoms with van der Waals surface area (Å²) in [6, 6.07) is 12.9. The van der Waals surface area contributed by atoms with Crippen LogP contribution in [0.5, 0.6) is 5.75 Å². The molecule has 0 aromatic heterocycles. The van der Waals surface area contributed by atoms with Crippen LogP contribution in [0.4, 0.5) is 5.69 Å². The minimum Gasteiger partial charge on any atom is -0.545 e. The summed E-state index contributed by atoms with van der Waals surface area (Å²) in [5.41, 5.74) is 3.61. The number of benzene rings is 2. The van der Waals surface area contributed by atoms with E-state index in [2.05, 4.69) is 42.3 Å². The number of rotatable bonds is 9. The molecule has 2 aromatic carbocycles. The van der Waals surface area contributed by atoms with Crippen molar-refractivity contribution in [3.8, 4) is 5.75 Å². The third-order valence-corrected chi connectivity index (χ3v) is 5.60. The predicted octanol–water partition coefficient (Wildman–Crippen LogP) is 3.79. The number of allylic oxidation sites excluding steroid dienone is 1. The molecule has 0 spiro atoms. The fraction of sp³-hybridized carbons (Fsp3) is 0.407. The molecule has 1 heterocycles. The Balaban J connectivity index is 1.83. The molecule has 6 nitrogen and oxygen atoms in total. The second kappa shape index (κ2) is 11.5. The number of nitrogens with one attached hydrogen (secondary N) is 1. The van der Waals surface area contributed by atoms with E-state index in [1.165, 1.54) is 25.3 Å². The number of amides is 1. The average Bonchev–Trinajstić information content (AvgIpc) is 2.79. The Hall–Kier alpha value is -3.28. The Labute approximate surface area is 196 Å². The van der Waals surface area contributed by atoms with Gasteiger partial charge in [0.25, 0.3) is 0 Å². The molecule has 0 bridgehead atoms. The number of hydrogen-bond donors (Lipinski definition) is 1. The van der Waals surface area contributed by atoms with Gasteiger partial charge in [-0.25, -0.2) is 0 Å². The highest BCUT2D eigenvalue weighted by Crippen LogP contribution is 2.29. The summed E-state index contributed by atoms with van der Waals surface area (Å²) >= 11 is 0. The van der Waals surface area contributed by atoms with Crippen molar-refractivity contribution in [1.82, 2.24) is 5.32 Å². The van der Waals surface area contributed by atoms with Crippen LogP contribution in [-0.4, -0.2) is 31.6 Å². The first-order valence-electron chi connectivity index (χ1n) is 11.7. The molecule has 1 fully saturated rings. The third-order valence-electron chi connectivity index (χ3n) is 5.60. The maximum atomic E-state index is 13.0. The van der Waals surface area contributed by atoms with Gasteiger partial charge in [0.1, 0.15) is 5.75 Å². The molecule has 3 rings (SSSR count). The number of carboxylic acids is 1. The highest BCUT2D eigenvalue weighted by Gasteiger charge is 2.18. The Kier molecular flexibility index (Phi) is 8.52. The van der Waals surface area contributed by atoms with Gasteiger partial charge in [-0.3, -0.25) is 4.79 Å². The Morgan fingerprint density at radius 2 is 1.82 bits per heavy atom. The van der Waals surface area contributed by atoms with Crippen molar-refractivity contribution in [1.29, 1.82) is 0 Å². The lowest BCUT2D eigenvalue weighted by Crippen LogP contribution is -2.31. The lowest BCUT2D eigenvalue weighted by molar-refractivity contribution is -0.255. The maximum Gasteiger partial charge on any atom is 0.228 e. The molecular formula is C27H33N2O4-. The van der Waals surface area contributed by atoms with E-state index in [0.717, 1.165) is 30.0 Å². The smallest absolute Gasteiger partial charge is 0.228 e. The zero-order valence-electron chi connectivity index (χ0n) is 19.7. The lowest BCUT2D eigenvalue weighted by atomic mass is 10.0. The van der Waals surface area contributed by atoms with E-state index in [0.29, 0.717) is 12.2 Å². The highest BCUT2D eigenvalue weighted by atomic mass is 16.5. The summed E-state index contributed by atoms with van der Waals surface area (Å²) in [5, 5.41) is 14.4. The first-order chi connectivity index (χ1) is 15.9. The van der Waals surface area contributed by atoms with E-state index in [1.54, 1.807) is 19.1 Å². The minimum atomic E-state index is -1.30. The predicted molar refractivity (Wildman–Crippen MR) is 129 cm³/mol. The van der Waals surface area contributed by atoms with Crippen LogP contribution in [0.15, 0.2) is 48.5 Å². The van der Waals surface area contributed by atoms with Crippen LogP contribution in [0.25, 0.3) is 5.70 Å². The van der Waals surface area contributed by atoms with Gasteiger partial charge < -0.3 is 24.9 Å². The van der Waals surface area contributed by atoms with Crippen LogP contribution in [-0.2, 0) is 11.2 Å². The van der Waals surface area contributed by atoms with Crippen LogP contribution >= 0.6 is 0 Å². The van der Waals surface area contributed by atoms with Crippen molar-refractivity contribution in [2.24, 2.45) is 5.92 Å². The van der Waals surface area contributed by atoms with E-state index in [-0.39, 0.29) is 29.6 Å². The average molecular weight is 450 g/mol. The van der Waals surface area contributed by atoms with Crippen LogP contribution in [0, 0.1) is 5.92 Å². The van der Waals surface area contributed by atoms with Gasteiger partial charge in [-0.2, -0.15) is 0 Å². The van der Waals surface area contributed by atoms with Gasteiger partial charge in [-0.1, -0.05) is 44.2 Å². The van der Waals surface area contributed by atoms with Crippen LogP contribution in [0.3, 0.4) is 0 Å². The number of para-hydroxylation sites is 1. The van der Waals surface area contributed by atoms with Gasteiger partial charge >= 0.3 is 0 Å². The number of ether oxygens (including phenoxy) is 1. The van der Waals surface area contributed by atoms with Gasteiger partial charge in [-0.15, -0.1) is 0 Å². The molecule has 33 heavy (non-hydrogen) atoms. The molecular weight excluding hydrogens is 416 g/mol. The molecule has 0 unspecified atom stereocenters. The Morgan fingerprint density at radius 3 is 2.48 bits per heavy atom. The van der Waals surface area contributed by atoms with Gasteiger partial charge in [0.15, 0.2) is 0 Å². The van der Waals surface area contributed by atoms with Gasteiger partial charge in [-0.05, 0) is 55.9 Å². The molecule has 1 aliphatic heterocycles. The van der Waals surface area contributed by atoms with Crippen LogP contribution in [0.1, 0.15) is 61.5 Å². The van der Waals surface area contributed by atoms with Crippen molar-refractivity contribution < 1.29 is 19.4 Å². The van der Waals surface area contributed by atoms with E-state index in [1.807, 2.05) is 12.1 Å². The second-order valence-corrected chi connectivity index (χ2v) is 8.67. The summed E-state index contributed by atoms with van der Waals surface area (Å²) in [4.78, 5) is 26.7. The van der Waals surface area contributed by atoms with E-state index in [4.69, 9.17) is 4.74 Å². The Bertz CT molecular complexity index is 1010. The van der Waals surface area contributed by atoms with Gasteiger partial charge in [0.05, 0.1) is 19.0 Å². The number of anilines is 1. The largest absolute Gasteiger partial charge is 0.545 e. The fourth-order valence-corrected chi connectivity index (χ4v) is 4.14. The number of nitrogens with zero attached hydrogens (tertiary/aromatic N) is 1. The summed E-state index contributed by atoms with van der Waals surface area (Å²) in [7, 11) is 0. The topological polar surface area (TPSA) is 81.7 Å².